The molecule has 4 nitrogen and oxygen atoms in total. The van der Waals surface area contributed by atoms with Gasteiger partial charge < -0.3 is 15.1 Å². The van der Waals surface area contributed by atoms with Crippen LogP contribution in [0.25, 0.3) is 0 Å². The van der Waals surface area contributed by atoms with Crippen molar-refractivity contribution in [2.75, 3.05) is 13.6 Å². The predicted octanol–water partition coefficient (Wildman–Crippen LogP) is 1.09. The van der Waals surface area contributed by atoms with Crippen molar-refractivity contribution in [1.82, 2.24) is 4.90 Å². The topological polar surface area (TPSA) is 59.5 Å². The van der Waals surface area contributed by atoms with Gasteiger partial charge >= 0.3 is 0 Å². The Bertz CT molecular complexity index is 330. The molecule has 2 rings (SSSR count). The van der Waals surface area contributed by atoms with E-state index in [1.165, 1.54) is 19.1 Å². The molecule has 0 bridgehead atoms. The molecule has 0 aliphatic heterocycles. The van der Waals surface area contributed by atoms with Crippen LogP contribution in [0.2, 0.25) is 0 Å². The fraction of sp³-hybridized carbons (Fsp3) is 0.545. The average Bonchev–Trinajstić information content (AvgIpc) is 2.93. The van der Waals surface area contributed by atoms with Crippen molar-refractivity contribution in [3.63, 3.8) is 0 Å². The number of nitrogens with zero attached hydrogens (tertiary/aromatic N) is 1. The van der Waals surface area contributed by atoms with Gasteiger partial charge in [-0.3, -0.25) is 4.79 Å². The predicted molar refractivity (Wildman–Crippen MR) is 56.4 cm³/mol. The molecular weight excluding hydrogens is 192 g/mol. The second kappa shape index (κ2) is 4.06. The summed E-state index contributed by atoms with van der Waals surface area (Å²) in [4.78, 5) is 13.6. The second-order valence-electron chi connectivity index (χ2n) is 4.03. The Balaban J connectivity index is 2.05. The van der Waals surface area contributed by atoms with E-state index in [1.807, 2.05) is 0 Å². The Morgan fingerprint density at radius 1 is 1.73 bits per heavy atom. The smallest absolute Gasteiger partial charge is 0.289 e. The molecule has 1 atom stereocenters. The van der Waals surface area contributed by atoms with Crippen molar-refractivity contribution in [3.8, 4) is 0 Å². The van der Waals surface area contributed by atoms with Crippen molar-refractivity contribution in [1.29, 1.82) is 0 Å². The van der Waals surface area contributed by atoms with E-state index in [2.05, 4.69) is 0 Å². The van der Waals surface area contributed by atoms with Crippen LogP contribution < -0.4 is 5.73 Å². The normalized spacial score (nSPS) is 17.5. The lowest BCUT2D eigenvalue weighted by Gasteiger charge is -2.26. The Morgan fingerprint density at radius 2 is 2.47 bits per heavy atom. The Labute approximate surface area is 89.0 Å². The van der Waals surface area contributed by atoms with Gasteiger partial charge in [-0.15, -0.1) is 0 Å². The van der Waals surface area contributed by atoms with E-state index in [-0.39, 0.29) is 11.9 Å². The first kappa shape index (κ1) is 10.2. The highest BCUT2D eigenvalue weighted by Crippen LogP contribution is 2.34. The first-order valence-electron chi connectivity index (χ1n) is 5.24. The molecule has 1 fully saturated rings. The van der Waals surface area contributed by atoms with Crippen molar-refractivity contribution >= 4 is 5.91 Å². The Morgan fingerprint density at radius 3 is 2.93 bits per heavy atom. The molecular formula is C11H16N2O2. The number of nitrogens with two attached hydrogens (primary N) is 1. The average molecular weight is 208 g/mol. The van der Waals surface area contributed by atoms with E-state index in [1.54, 1.807) is 24.1 Å². The summed E-state index contributed by atoms with van der Waals surface area (Å²) >= 11 is 0. The summed E-state index contributed by atoms with van der Waals surface area (Å²) in [6, 6.07) is 3.55. The number of likely N-dealkylation sites (N-methyl/N-ethyl adjacent to an activating group) is 1. The highest BCUT2D eigenvalue weighted by molar-refractivity contribution is 5.91. The molecule has 1 aliphatic carbocycles. The highest BCUT2D eigenvalue weighted by Gasteiger charge is 2.35. The molecule has 82 valence electrons. The van der Waals surface area contributed by atoms with Crippen LogP contribution in [-0.2, 0) is 0 Å². The van der Waals surface area contributed by atoms with E-state index < -0.39 is 0 Å². The van der Waals surface area contributed by atoms with E-state index in [0.717, 1.165) is 0 Å². The van der Waals surface area contributed by atoms with E-state index >= 15 is 0 Å². The first-order chi connectivity index (χ1) is 7.24. The van der Waals surface area contributed by atoms with Gasteiger partial charge in [0, 0.05) is 19.6 Å². The lowest BCUT2D eigenvalue weighted by Crippen LogP contribution is -2.43. The third-order valence-electron chi connectivity index (χ3n) is 2.96. The molecule has 1 aromatic rings. The van der Waals surface area contributed by atoms with Gasteiger partial charge in [-0.1, -0.05) is 0 Å². The van der Waals surface area contributed by atoms with Crippen molar-refractivity contribution in [3.05, 3.63) is 24.2 Å². The standard InChI is InChI=1S/C11H16N2O2/c1-13(9(7-12)8-4-5-8)11(14)10-3-2-6-15-10/h2-3,6,8-9H,4-5,7,12H2,1H3. The lowest BCUT2D eigenvalue weighted by molar-refractivity contribution is 0.0686. The van der Waals surface area contributed by atoms with Gasteiger partial charge in [-0.05, 0) is 30.9 Å². The summed E-state index contributed by atoms with van der Waals surface area (Å²) < 4.78 is 5.08. The zero-order valence-electron chi connectivity index (χ0n) is 8.85. The maximum absolute atomic E-state index is 11.9. The molecule has 1 saturated carbocycles. The summed E-state index contributed by atoms with van der Waals surface area (Å²) in [5.74, 6) is 0.887. The number of hydrogen-bond acceptors (Lipinski definition) is 3. The number of rotatable bonds is 4. The molecule has 15 heavy (non-hydrogen) atoms. The molecule has 1 aromatic heterocycles. The SMILES string of the molecule is CN(C(=O)c1ccco1)C(CN)C1CC1. The zero-order valence-corrected chi connectivity index (χ0v) is 8.85. The minimum Gasteiger partial charge on any atom is -0.459 e. The van der Waals surface area contributed by atoms with Crippen LogP contribution in [0, 0.1) is 5.92 Å². The second-order valence-corrected chi connectivity index (χ2v) is 4.03. The molecule has 0 aromatic carbocycles. The summed E-state index contributed by atoms with van der Waals surface area (Å²) in [5.41, 5.74) is 5.68. The van der Waals surface area contributed by atoms with Gasteiger partial charge in [-0.25, -0.2) is 0 Å². The monoisotopic (exact) mass is 208 g/mol. The fourth-order valence-electron chi connectivity index (χ4n) is 1.87. The molecule has 0 spiro atoms. The number of furan rings is 1. The molecule has 1 amide bonds. The largest absolute Gasteiger partial charge is 0.459 e. The van der Waals surface area contributed by atoms with Crippen LogP contribution in [0.3, 0.4) is 0 Å². The van der Waals surface area contributed by atoms with Gasteiger partial charge in [0.15, 0.2) is 5.76 Å². The Hall–Kier alpha value is -1.29. The number of carbonyl (C=O) groups is 1. The molecule has 0 saturated heterocycles. The van der Waals surface area contributed by atoms with Crippen LogP contribution >= 0.6 is 0 Å². The van der Waals surface area contributed by atoms with Crippen LogP contribution in [0.15, 0.2) is 22.8 Å². The molecule has 1 unspecified atom stereocenters. The first-order valence-corrected chi connectivity index (χ1v) is 5.24. The minimum absolute atomic E-state index is 0.0812. The van der Waals surface area contributed by atoms with Crippen LogP contribution in [-0.4, -0.2) is 30.4 Å². The van der Waals surface area contributed by atoms with Gasteiger partial charge in [0.25, 0.3) is 5.91 Å². The fourth-order valence-corrected chi connectivity index (χ4v) is 1.87. The van der Waals surface area contributed by atoms with Crippen LogP contribution in [0.5, 0.6) is 0 Å². The zero-order chi connectivity index (χ0) is 10.8. The summed E-state index contributed by atoms with van der Waals surface area (Å²) in [6.45, 7) is 0.521. The van der Waals surface area contributed by atoms with Gasteiger partial charge in [-0.2, -0.15) is 0 Å². The van der Waals surface area contributed by atoms with Gasteiger partial charge in [0.1, 0.15) is 0 Å². The van der Waals surface area contributed by atoms with E-state index in [0.29, 0.717) is 18.2 Å². The quantitative estimate of drug-likeness (QED) is 0.805. The molecule has 1 aliphatic rings. The summed E-state index contributed by atoms with van der Waals surface area (Å²) in [6.07, 6.45) is 3.87. The number of carbonyl (C=O) groups excluding carboxylic acids is 1. The highest BCUT2D eigenvalue weighted by atomic mass is 16.3. The maximum atomic E-state index is 11.9. The molecule has 1 heterocycles. The maximum Gasteiger partial charge on any atom is 0.289 e. The van der Waals surface area contributed by atoms with Crippen LogP contribution in [0.4, 0.5) is 0 Å². The van der Waals surface area contributed by atoms with E-state index in [4.69, 9.17) is 10.2 Å². The molecule has 0 radical (unpaired) electrons. The third-order valence-corrected chi connectivity index (χ3v) is 2.96. The number of hydrogen-bond donors (Lipinski definition) is 1. The third kappa shape index (κ3) is 2.04. The Kier molecular flexibility index (Phi) is 2.77. The summed E-state index contributed by atoms with van der Waals surface area (Å²) in [5, 5.41) is 0. The van der Waals surface area contributed by atoms with Gasteiger partial charge in [0.05, 0.1) is 6.26 Å². The van der Waals surface area contributed by atoms with Crippen molar-refractivity contribution in [2.45, 2.75) is 18.9 Å². The minimum atomic E-state index is -0.0812. The molecule has 4 heteroatoms. The molecule has 2 N–H and O–H groups in total. The van der Waals surface area contributed by atoms with E-state index in [9.17, 15) is 4.79 Å². The van der Waals surface area contributed by atoms with Crippen molar-refractivity contribution < 1.29 is 9.21 Å². The van der Waals surface area contributed by atoms with Gasteiger partial charge in [0.2, 0.25) is 0 Å². The lowest BCUT2D eigenvalue weighted by atomic mass is 10.1. The van der Waals surface area contributed by atoms with Crippen LogP contribution in [0.1, 0.15) is 23.4 Å². The number of amides is 1. The van der Waals surface area contributed by atoms with Crippen molar-refractivity contribution in [2.24, 2.45) is 11.7 Å². The summed E-state index contributed by atoms with van der Waals surface area (Å²) in [7, 11) is 1.79.